The van der Waals surface area contributed by atoms with Crippen molar-refractivity contribution in [1.29, 1.82) is 0 Å². The molecule has 0 spiro atoms. The van der Waals surface area contributed by atoms with E-state index < -0.39 is 11.7 Å². The van der Waals surface area contributed by atoms with Crippen LogP contribution in [0.5, 0.6) is 0 Å². The Balaban J connectivity index is 1.59. The molecule has 24 heavy (non-hydrogen) atoms. The van der Waals surface area contributed by atoms with Gasteiger partial charge in [-0.2, -0.15) is 0 Å². The van der Waals surface area contributed by atoms with Gasteiger partial charge in [0.15, 0.2) is 0 Å². The van der Waals surface area contributed by atoms with Gasteiger partial charge in [-0.25, -0.2) is 4.39 Å². The van der Waals surface area contributed by atoms with Crippen LogP contribution in [-0.2, 0) is 5.60 Å². The molecule has 1 aliphatic rings. The zero-order valence-corrected chi connectivity index (χ0v) is 14.0. The molecule has 0 bridgehead atoms. The maximum Gasteiger partial charge on any atom is 0.123 e. The first-order valence-electron chi connectivity index (χ1n) is 8.42. The molecule has 1 saturated heterocycles. The molecule has 0 radical (unpaired) electrons. The molecule has 1 aliphatic heterocycles. The molecule has 1 atom stereocenters. The molecule has 1 unspecified atom stereocenters. The van der Waals surface area contributed by atoms with Gasteiger partial charge in [0, 0.05) is 19.6 Å². The minimum absolute atomic E-state index is 0.299. The summed E-state index contributed by atoms with van der Waals surface area (Å²) in [7, 11) is 0. The maximum atomic E-state index is 13.0. The van der Waals surface area contributed by atoms with E-state index in [-0.39, 0.29) is 5.82 Å². The number of aliphatic hydroxyl groups is 2. The second-order valence-electron chi connectivity index (χ2n) is 6.77. The molecular weight excluding hydrogens is 305 g/mol. The Morgan fingerprint density at radius 1 is 1.12 bits per heavy atom. The van der Waals surface area contributed by atoms with Gasteiger partial charge in [-0.15, -0.1) is 0 Å². The van der Waals surface area contributed by atoms with Gasteiger partial charge in [-0.3, -0.25) is 0 Å². The lowest BCUT2D eigenvalue weighted by Crippen LogP contribution is -2.44. The van der Waals surface area contributed by atoms with Gasteiger partial charge in [0.05, 0.1) is 11.7 Å². The van der Waals surface area contributed by atoms with Gasteiger partial charge in [0.25, 0.3) is 0 Å². The Labute approximate surface area is 142 Å². The number of halogens is 1. The van der Waals surface area contributed by atoms with Crippen molar-refractivity contribution in [1.82, 2.24) is 4.90 Å². The molecule has 0 aromatic heterocycles. The number of rotatable bonds is 4. The first-order valence-corrected chi connectivity index (χ1v) is 8.42. The van der Waals surface area contributed by atoms with E-state index in [2.05, 4.69) is 4.90 Å². The summed E-state index contributed by atoms with van der Waals surface area (Å²) >= 11 is 0. The van der Waals surface area contributed by atoms with E-state index >= 15 is 0 Å². The normalized spacial score (nSPS) is 19.2. The van der Waals surface area contributed by atoms with Crippen molar-refractivity contribution in [2.24, 2.45) is 0 Å². The first-order chi connectivity index (χ1) is 11.5. The minimum atomic E-state index is -0.788. The number of aryl methyl sites for hydroxylation is 1. The smallest absolute Gasteiger partial charge is 0.123 e. The molecule has 0 aliphatic carbocycles. The van der Waals surface area contributed by atoms with Crippen LogP contribution in [0, 0.1) is 12.7 Å². The SMILES string of the molecule is Cc1cccc(C2(O)CCN(CC(O)c3ccc(F)cc3)CC2)c1. The topological polar surface area (TPSA) is 43.7 Å². The summed E-state index contributed by atoms with van der Waals surface area (Å²) in [5.74, 6) is -0.299. The second-order valence-corrected chi connectivity index (χ2v) is 6.77. The molecule has 0 amide bonds. The molecule has 128 valence electrons. The Morgan fingerprint density at radius 3 is 2.42 bits per heavy atom. The lowest BCUT2D eigenvalue weighted by atomic mass is 9.84. The number of likely N-dealkylation sites (tertiary alicyclic amines) is 1. The van der Waals surface area contributed by atoms with Crippen LogP contribution in [0.25, 0.3) is 0 Å². The summed E-state index contributed by atoms with van der Waals surface area (Å²) in [6, 6.07) is 14.0. The zero-order chi connectivity index (χ0) is 17.2. The van der Waals surface area contributed by atoms with Gasteiger partial charge in [0.2, 0.25) is 0 Å². The molecule has 1 fully saturated rings. The van der Waals surface area contributed by atoms with Crippen molar-refractivity contribution in [3.63, 3.8) is 0 Å². The summed E-state index contributed by atoms with van der Waals surface area (Å²) in [4.78, 5) is 2.15. The Kier molecular flexibility index (Phi) is 4.99. The predicted octanol–water partition coefficient (Wildman–Crippen LogP) is 3.15. The number of aliphatic hydroxyl groups excluding tert-OH is 1. The van der Waals surface area contributed by atoms with Crippen LogP contribution in [-0.4, -0.2) is 34.7 Å². The number of benzene rings is 2. The van der Waals surface area contributed by atoms with E-state index in [0.29, 0.717) is 19.4 Å². The van der Waals surface area contributed by atoms with Crippen molar-refractivity contribution in [3.05, 3.63) is 71.0 Å². The molecule has 4 heteroatoms. The maximum absolute atomic E-state index is 13.0. The van der Waals surface area contributed by atoms with Crippen LogP contribution in [0.4, 0.5) is 4.39 Å². The van der Waals surface area contributed by atoms with E-state index in [1.54, 1.807) is 12.1 Å². The van der Waals surface area contributed by atoms with E-state index in [0.717, 1.165) is 29.8 Å². The van der Waals surface area contributed by atoms with Crippen molar-refractivity contribution in [2.45, 2.75) is 31.5 Å². The number of nitrogens with zero attached hydrogens (tertiary/aromatic N) is 1. The number of β-amino-alcohol motifs (C(OH)–C–C–N with tert-alkyl or cyclic N) is 1. The lowest BCUT2D eigenvalue weighted by Gasteiger charge is -2.39. The fourth-order valence-corrected chi connectivity index (χ4v) is 3.36. The number of hydrogen-bond acceptors (Lipinski definition) is 3. The average molecular weight is 329 g/mol. The highest BCUT2D eigenvalue weighted by Crippen LogP contribution is 2.33. The molecule has 1 heterocycles. The fourth-order valence-electron chi connectivity index (χ4n) is 3.36. The second kappa shape index (κ2) is 7.01. The number of hydrogen-bond donors (Lipinski definition) is 2. The predicted molar refractivity (Wildman–Crippen MR) is 92.1 cm³/mol. The third-order valence-electron chi connectivity index (χ3n) is 4.92. The molecule has 0 saturated carbocycles. The van der Waals surface area contributed by atoms with E-state index in [9.17, 15) is 14.6 Å². The van der Waals surface area contributed by atoms with Gasteiger partial charge in [-0.05, 0) is 43.0 Å². The first kappa shape index (κ1) is 17.1. The van der Waals surface area contributed by atoms with E-state index in [1.165, 1.54) is 12.1 Å². The molecule has 3 rings (SSSR count). The summed E-state index contributed by atoms with van der Waals surface area (Å²) in [6.07, 6.45) is 0.648. The Bertz CT molecular complexity index is 678. The van der Waals surface area contributed by atoms with E-state index in [4.69, 9.17) is 0 Å². The van der Waals surface area contributed by atoms with Crippen molar-refractivity contribution >= 4 is 0 Å². The molecule has 2 aromatic rings. The summed E-state index contributed by atoms with van der Waals surface area (Å²) in [5.41, 5.74) is 2.05. The van der Waals surface area contributed by atoms with Gasteiger partial charge >= 0.3 is 0 Å². The van der Waals surface area contributed by atoms with Crippen LogP contribution < -0.4 is 0 Å². The highest BCUT2D eigenvalue weighted by molar-refractivity contribution is 5.28. The van der Waals surface area contributed by atoms with Crippen LogP contribution in [0.3, 0.4) is 0 Å². The fraction of sp³-hybridized carbons (Fsp3) is 0.400. The largest absolute Gasteiger partial charge is 0.387 e. The number of piperidine rings is 1. The Morgan fingerprint density at radius 2 is 1.79 bits per heavy atom. The quantitative estimate of drug-likeness (QED) is 0.906. The van der Waals surface area contributed by atoms with Crippen molar-refractivity contribution < 1.29 is 14.6 Å². The van der Waals surface area contributed by atoms with Crippen LogP contribution in [0.1, 0.15) is 35.6 Å². The third kappa shape index (κ3) is 3.83. The van der Waals surface area contributed by atoms with Crippen molar-refractivity contribution in [3.8, 4) is 0 Å². The van der Waals surface area contributed by atoms with Crippen LogP contribution in [0.2, 0.25) is 0 Å². The summed E-state index contributed by atoms with van der Waals surface area (Å²) in [6.45, 7) is 3.97. The van der Waals surface area contributed by atoms with Crippen LogP contribution >= 0.6 is 0 Å². The van der Waals surface area contributed by atoms with Gasteiger partial charge in [0.1, 0.15) is 5.82 Å². The standard InChI is InChI=1S/C20H24FNO2/c1-15-3-2-4-17(13-15)20(24)9-11-22(12-10-20)14-19(23)16-5-7-18(21)8-6-16/h2-8,13,19,23-24H,9-12,14H2,1H3. The van der Waals surface area contributed by atoms with Gasteiger partial charge < -0.3 is 15.1 Å². The Hall–Kier alpha value is -1.75. The molecule has 3 nitrogen and oxygen atoms in total. The lowest BCUT2D eigenvalue weighted by molar-refractivity contribution is -0.0345. The van der Waals surface area contributed by atoms with E-state index in [1.807, 2.05) is 31.2 Å². The summed E-state index contributed by atoms with van der Waals surface area (Å²) in [5, 5.41) is 21.3. The zero-order valence-electron chi connectivity index (χ0n) is 14.0. The molecule has 2 N–H and O–H groups in total. The third-order valence-corrected chi connectivity index (χ3v) is 4.92. The summed E-state index contributed by atoms with van der Waals surface area (Å²) < 4.78 is 13.0. The highest BCUT2D eigenvalue weighted by Gasteiger charge is 2.34. The monoisotopic (exact) mass is 329 g/mol. The molecular formula is C20H24FNO2. The average Bonchev–Trinajstić information content (AvgIpc) is 2.58. The van der Waals surface area contributed by atoms with Crippen molar-refractivity contribution in [2.75, 3.05) is 19.6 Å². The van der Waals surface area contributed by atoms with Gasteiger partial charge in [-0.1, -0.05) is 42.0 Å². The van der Waals surface area contributed by atoms with Crippen LogP contribution in [0.15, 0.2) is 48.5 Å². The molecule has 2 aromatic carbocycles. The minimum Gasteiger partial charge on any atom is -0.387 e. The highest BCUT2D eigenvalue weighted by atomic mass is 19.1.